The monoisotopic (exact) mass is 245 g/mol. The molecule has 0 bridgehead atoms. The molecule has 17 heavy (non-hydrogen) atoms. The van der Waals surface area contributed by atoms with Gasteiger partial charge >= 0.3 is 5.97 Å². The van der Waals surface area contributed by atoms with Gasteiger partial charge in [0.25, 0.3) is 0 Å². The van der Waals surface area contributed by atoms with E-state index < -0.39 is 29.3 Å². The third-order valence-corrected chi connectivity index (χ3v) is 2.08. The Balaban J connectivity index is 2.72. The Morgan fingerprint density at radius 3 is 2.71 bits per heavy atom. The van der Waals surface area contributed by atoms with Crippen LogP contribution in [0.15, 0.2) is 12.1 Å². The Labute approximate surface area is 97.0 Å². The predicted octanol–water partition coefficient (Wildman–Crippen LogP) is 1.47. The van der Waals surface area contributed by atoms with Gasteiger partial charge < -0.3 is 15.6 Å². The van der Waals surface area contributed by atoms with Crippen molar-refractivity contribution in [2.75, 3.05) is 12.3 Å². The molecule has 4 nitrogen and oxygen atoms in total. The number of ether oxygens (including phenoxy) is 1. The van der Waals surface area contributed by atoms with Gasteiger partial charge in [0.2, 0.25) is 0 Å². The zero-order chi connectivity index (χ0) is 13.0. The summed E-state index contributed by atoms with van der Waals surface area (Å²) in [5.41, 5.74) is 4.47. The third kappa shape index (κ3) is 3.67. The first kappa shape index (κ1) is 13.4. The van der Waals surface area contributed by atoms with Gasteiger partial charge in [0, 0.05) is 12.5 Å². The lowest BCUT2D eigenvalue weighted by Crippen LogP contribution is -2.13. The number of esters is 1. The summed E-state index contributed by atoms with van der Waals surface area (Å²) in [6.45, 7) is 1.48. The average molecular weight is 245 g/mol. The first-order valence-electron chi connectivity index (χ1n) is 5.01. The van der Waals surface area contributed by atoms with Crippen LogP contribution >= 0.6 is 0 Å². The van der Waals surface area contributed by atoms with Crippen molar-refractivity contribution in [3.8, 4) is 0 Å². The zero-order valence-electron chi connectivity index (χ0n) is 9.24. The molecule has 0 saturated carbocycles. The van der Waals surface area contributed by atoms with Crippen molar-refractivity contribution in [1.82, 2.24) is 0 Å². The molecule has 0 spiro atoms. The summed E-state index contributed by atoms with van der Waals surface area (Å²) in [5, 5.41) is 8.94. The van der Waals surface area contributed by atoms with E-state index in [0.29, 0.717) is 6.07 Å². The summed E-state index contributed by atoms with van der Waals surface area (Å²) in [6.07, 6.45) is -0.379. The smallest absolute Gasteiger partial charge is 0.341 e. The summed E-state index contributed by atoms with van der Waals surface area (Å²) in [5.74, 6) is -2.89. The molecule has 0 amide bonds. The standard InChI is InChI=1S/C11H13F2NO3/c1-6(15)2-3-17-11(16)7-4-10(14)9(13)5-8(7)12/h4-6,15H,2-3,14H2,1H3. The molecule has 0 aliphatic heterocycles. The lowest BCUT2D eigenvalue weighted by atomic mass is 10.2. The van der Waals surface area contributed by atoms with Crippen LogP contribution in [-0.4, -0.2) is 23.8 Å². The highest BCUT2D eigenvalue weighted by Gasteiger charge is 2.16. The number of carbonyl (C=O) groups is 1. The minimum absolute atomic E-state index is 0.0484. The second-order valence-corrected chi connectivity index (χ2v) is 3.63. The van der Waals surface area contributed by atoms with Gasteiger partial charge in [-0.3, -0.25) is 0 Å². The minimum atomic E-state index is -1.03. The van der Waals surface area contributed by atoms with E-state index in [-0.39, 0.29) is 18.7 Å². The fraction of sp³-hybridized carbons (Fsp3) is 0.364. The van der Waals surface area contributed by atoms with Crippen LogP contribution in [0.1, 0.15) is 23.7 Å². The van der Waals surface area contributed by atoms with E-state index in [4.69, 9.17) is 15.6 Å². The van der Waals surface area contributed by atoms with E-state index in [1.165, 1.54) is 6.92 Å². The van der Waals surface area contributed by atoms with Crippen molar-refractivity contribution in [1.29, 1.82) is 0 Å². The Kier molecular flexibility index (Phi) is 4.39. The molecule has 0 aliphatic rings. The summed E-state index contributed by atoms with van der Waals surface area (Å²) in [4.78, 5) is 11.4. The molecule has 0 heterocycles. The number of aliphatic hydroxyl groups excluding tert-OH is 1. The van der Waals surface area contributed by atoms with Crippen molar-refractivity contribution in [2.24, 2.45) is 0 Å². The second kappa shape index (κ2) is 5.58. The first-order valence-corrected chi connectivity index (χ1v) is 5.01. The van der Waals surface area contributed by atoms with Crippen molar-refractivity contribution < 1.29 is 23.4 Å². The maximum atomic E-state index is 13.2. The van der Waals surface area contributed by atoms with Crippen molar-refractivity contribution in [3.05, 3.63) is 29.3 Å². The van der Waals surface area contributed by atoms with Crippen LogP contribution in [0.5, 0.6) is 0 Å². The van der Waals surface area contributed by atoms with Gasteiger partial charge in [0.05, 0.1) is 24.0 Å². The molecule has 0 aromatic heterocycles. The van der Waals surface area contributed by atoms with Gasteiger partial charge in [-0.25, -0.2) is 13.6 Å². The Hall–Kier alpha value is -1.69. The van der Waals surface area contributed by atoms with Crippen molar-refractivity contribution in [3.63, 3.8) is 0 Å². The third-order valence-electron chi connectivity index (χ3n) is 2.08. The van der Waals surface area contributed by atoms with Crippen molar-refractivity contribution in [2.45, 2.75) is 19.4 Å². The van der Waals surface area contributed by atoms with E-state index >= 15 is 0 Å². The molecule has 1 rings (SSSR count). The van der Waals surface area contributed by atoms with E-state index in [1.807, 2.05) is 0 Å². The Bertz CT molecular complexity index is 421. The molecule has 3 N–H and O–H groups in total. The Morgan fingerprint density at radius 1 is 1.47 bits per heavy atom. The molecule has 6 heteroatoms. The molecule has 0 fully saturated rings. The van der Waals surface area contributed by atoms with Gasteiger partial charge in [0.15, 0.2) is 0 Å². The SMILES string of the molecule is CC(O)CCOC(=O)c1cc(N)c(F)cc1F. The number of rotatable bonds is 4. The largest absolute Gasteiger partial charge is 0.462 e. The van der Waals surface area contributed by atoms with Crippen LogP contribution in [0.4, 0.5) is 14.5 Å². The van der Waals surface area contributed by atoms with Gasteiger partial charge in [-0.05, 0) is 13.0 Å². The number of hydrogen-bond acceptors (Lipinski definition) is 4. The van der Waals surface area contributed by atoms with Crippen LogP contribution < -0.4 is 5.73 Å². The summed E-state index contributed by atoms with van der Waals surface area (Å²) < 4.78 is 30.7. The number of nitrogens with two attached hydrogens (primary N) is 1. The molecule has 0 aliphatic carbocycles. The van der Waals surface area contributed by atoms with Crippen LogP contribution in [0.2, 0.25) is 0 Å². The highest BCUT2D eigenvalue weighted by molar-refractivity contribution is 5.90. The molecule has 0 saturated heterocycles. The van der Waals surface area contributed by atoms with Gasteiger partial charge in [0.1, 0.15) is 11.6 Å². The number of nitrogen functional groups attached to an aromatic ring is 1. The number of hydrogen-bond donors (Lipinski definition) is 2. The maximum absolute atomic E-state index is 13.2. The number of carbonyl (C=O) groups excluding carboxylic acids is 1. The number of halogens is 2. The lowest BCUT2D eigenvalue weighted by Gasteiger charge is -2.08. The van der Waals surface area contributed by atoms with Gasteiger partial charge in [-0.1, -0.05) is 0 Å². The highest BCUT2D eigenvalue weighted by Crippen LogP contribution is 2.17. The fourth-order valence-electron chi connectivity index (χ4n) is 1.12. The van der Waals surface area contributed by atoms with E-state index in [0.717, 1.165) is 6.07 Å². The van der Waals surface area contributed by atoms with E-state index in [9.17, 15) is 13.6 Å². The summed E-state index contributed by atoms with van der Waals surface area (Å²) in [6, 6.07) is 1.41. The summed E-state index contributed by atoms with van der Waals surface area (Å²) >= 11 is 0. The second-order valence-electron chi connectivity index (χ2n) is 3.63. The molecule has 1 unspecified atom stereocenters. The predicted molar refractivity (Wildman–Crippen MR) is 57.4 cm³/mol. The minimum Gasteiger partial charge on any atom is -0.462 e. The lowest BCUT2D eigenvalue weighted by molar-refractivity contribution is 0.0439. The molecule has 94 valence electrons. The van der Waals surface area contributed by atoms with Gasteiger partial charge in [-0.15, -0.1) is 0 Å². The molecule has 1 atom stereocenters. The average Bonchev–Trinajstić information content (AvgIpc) is 2.22. The van der Waals surface area contributed by atoms with E-state index in [2.05, 4.69) is 0 Å². The quantitative estimate of drug-likeness (QED) is 0.622. The maximum Gasteiger partial charge on any atom is 0.341 e. The van der Waals surface area contributed by atoms with E-state index in [1.54, 1.807) is 0 Å². The van der Waals surface area contributed by atoms with Crippen LogP contribution in [0.25, 0.3) is 0 Å². The summed E-state index contributed by atoms with van der Waals surface area (Å²) in [7, 11) is 0. The normalized spacial score (nSPS) is 12.2. The van der Waals surface area contributed by atoms with Crippen LogP contribution in [-0.2, 0) is 4.74 Å². The molecular weight excluding hydrogens is 232 g/mol. The molecule has 1 aromatic rings. The van der Waals surface area contributed by atoms with Crippen molar-refractivity contribution >= 4 is 11.7 Å². The number of anilines is 1. The Morgan fingerprint density at radius 2 is 2.12 bits per heavy atom. The first-order chi connectivity index (χ1) is 7.91. The highest BCUT2D eigenvalue weighted by atomic mass is 19.1. The van der Waals surface area contributed by atoms with Gasteiger partial charge in [-0.2, -0.15) is 0 Å². The molecule has 0 radical (unpaired) electrons. The molecular formula is C11H13F2NO3. The van der Waals surface area contributed by atoms with Crippen LogP contribution in [0.3, 0.4) is 0 Å². The molecule has 1 aromatic carbocycles. The van der Waals surface area contributed by atoms with Crippen LogP contribution in [0, 0.1) is 11.6 Å². The topological polar surface area (TPSA) is 72.5 Å². The zero-order valence-corrected chi connectivity index (χ0v) is 9.24. The number of aliphatic hydroxyl groups is 1. The number of benzene rings is 1. The fourth-order valence-corrected chi connectivity index (χ4v) is 1.12.